The lowest BCUT2D eigenvalue weighted by Crippen LogP contribution is -2.17. The highest BCUT2D eigenvalue weighted by atomic mass is 16.6. The van der Waals surface area contributed by atoms with Crippen LogP contribution in [0.2, 0.25) is 0 Å². The van der Waals surface area contributed by atoms with Crippen LogP contribution in [0, 0.1) is 10.1 Å². The second-order valence-electron chi connectivity index (χ2n) is 5.44. The summed E-state index contributed by atoms with van der Waals surface area (Å²) < 4.78 is 5.11. The van der Waals surface area contributed by atoms with Crippen LogP contribution in [0.4, 0.5) is 5.69 Å². The van der Waals surface area contributed by atoms with Gasteiger partial charge in [-0.05, 0) is 48.0 Å². The number of hydrogen-bond acceptors (Lipinski definition) is 6. The van der Waals surface area contributed by atoms with E-state index in [0.29, 0.717) is 11.3 Å². The molecule has 0 aliphatic carbocycles. The van der Waals surface area contributed by atoms with Crippen molar-refractivity contribution >= 4 is 17.8 Å². The molecular formula is C18H15N5O4. The predicted octanol–water partition coefficient (Wildman–Crippen LogP) is 2.76. The van der Waals surface area contributed by atoms with Gasteiger partial charge in [0.25, 0.3) is 11.6 Å². The highest BCUT2D eigenvalue weighted by molar-refractivity contribution is 5.94. The van der Waals surface area contributed by atoms with Crippen molar-refractivity contribution in [3.05, 3.63) is 76.0 Å². The standard InChI is InChI=1S/C18H15N5O4/c1-27-15-8-4-13(5-9-15)16-10-17(21-20-16)18(24)22-19-11-12-2-6-14(7-3-12)23(25)26/h2-11H,1H3,(H,20,21)(H,22,24)/b19-11+. The third kappa shape index (κ3) is 4.34. The van der Waals surface area contributed by atoms with Gasteiger partial charge >= 0.3 is 0 Å². The summed E-state index contributed by atoms with van der Waals surface area (Å²) in [5, 5.41) is 21.2. The number of hydrogen-bond donors (Lipinski definition) is 2. The van der Waals surface area contributed by atoms with Crippen LogP contribution in [-0.4, -0.2) is 34.4 Å². The second kappa shape index (κ2) is 7.91. The van der Waals surface area contributed by atoms with E-state index in [-0.39, 0.29) is 11.4 Å². The number of nitrogens with zero attached hydrogens (tertiary/aromatic N) is 3. The van der Waals surface area contributed by atoms with Crippen LogP contribution in [0.25, 0.3) is 11.3 Å². The summed E-state index contributed by atoms with van der Waals surface area (Å²) in [6.07, 6.45) is 1.39. The lowest BCUT2D eigenvalue weighted by molar-refractivity contribution is -0.384. The normalized spacial score (nSPS) is 10.7. The Morgan fingerprint density at radius 1 is 1.22 bits per heavy atom. The largest absolute Gasteiger partial charge is 0.497 e. The first-order valence-electron chi connectivity index (χ1n) is 7.84. The molecule has 0 saturated carbocycles. The first-order valence-corrected chi connectivity index (χ1v) is 7.84. The molecule has 0 fully saturated rings. The average Bonchev–Trinajstić information content (AvgIpc) is 3.19. The molecule has 136 valence electrons. The van der Waals surface area contributed by atoms with Crippen molar-refractivity contribution in [2.45, 2.75) is 0 Å². The van der Waals surface area contributed by atoms with E-state index in [4.69, 9.17) is 4.74 Å². The molecule has 0 bridgehead atoms. The van der Waals surface area contributed by atoms with Gasteiger partial charge in [0.05, 0.1) is 23.9 Å². The van der Waals surface area contributed by atoms with Crippen LogP contribution in [0.3, 0.4) is 0 Å². The molecule has 0 aliphatic rings. The molecule has 27 heavy (non-hydrogen) atoms. The Hall–Kier alpha value is -4.01. The first-order chi connectivity index (χ1) is 13.1. The Morgan fingerprint density at radius 3 is 2.56 bits per heavy atom. The highest BCUT2D eigenvalue weighted by Crippen LogP contribution is 2.21. The van der Waals surface area contributed by atoms with Gasteiger partial charge < -0.3 is 4.74 Å². The van der Waals surface area contributed by atoms with E-state index in [1.807, 2.05) is 12.1 Å². The summed E-state index contributed by atoms with van der Waals surface area (Å²) in [5.41, 5.74) is 4.67. The number of ether oxygens (including phenoxy) is 1. The summed E-state index contributed by atoms with van der Waals surface area (Å²) >= 11 is 0. The molecule has 3 aromatic rings. The number of hydrazone groups is 1. The van der Waals surface area contributed by atoms with Gasteiger partial charge in [-0.25, -0.2) is 5.43 Å². The zero-order valence-corrected chi connectivity index (χ0v) is 14.2. The minimum absolute atomic E-state index is 0.0142. The fourth-order valence-corrected chi connectivity index (χ4v) is 2.26. The highest BCUT2D eigenvalue weighted by Gasteiger charge is 2.10. The molecular weight excluding hydrogens is 350 g/mol. The SMILES string of the molecule is COc1ccc(-c2cc(C(=O)N/N=C/c3ccc([N+](=O)[O-])cc3)[nH]n2)cc1. The summed E-state index contributed by atoms with van der Waals surface area (Å²) in [6, 6.07) is 14.7. The Balaban J connectivity index is 1.62. The summed E-state index contributed by atoms with van der Waals surface area (Å²) in [7, 11) is 1.59. The third-order valence-corrected chi connectivity index (χ3v) is 3.69. The monoisotopic (exact) mass is 365 g/mol. The molecule has 1 aromatic heterocycles. The maximum Gasteiger partial charge on any atom is 0.289 e. The third-order valence-electron chi connectivity index (χ3n) is 3.69. The van der Waals surface area contributed by atoms with Crippen LogP contribution < -0.4 is 10.2 Å². The number of aromatic nitrogens is 2. The van der Waals surface area contributed by atoms with Gasteiger partial charge in [0.2, 0.25) is 0 Å². The van der Waals surface area contributed by atoms with E-state index < -0.39 is 10.8 Å². The number of nitro benzene ring substituents is 1. The van der Waals surface area contributed by atoms with Crippen molar-refractivity contribution in [2.75, 3.05) is 7.11 Å². The molecule has 2 N–H and O–H groups in total. The minimum Gasteiger partial charge on any atom is -0.497 e. The van der Waals surface area contributed by atoms with Gasteiger partial charge in [0.1, 0.15) is 11.4 Å². The van der Waals surface area contributed by atoms with E-state index in [1.54, 1.807) is 25.3 Å². The molecule has 2 aromatic carbocycles. The molecule has 0 radical (unpaired) electrons. The van der Waals surface area contributed by atoms with E-state index in [2.05, 4.69) is 20.7 Å². The number of rotatable bonds is 6. The van der Waals surface area contributed by atoms with Crippen molar-refractivity contribution in [3.63, 3.8) is 0 Å². The number of nitro groups is 1. The number of carbonyl (C=O) groups excluding carboxylic acids is 1. The molecule has 0 saturated heterocycles. The van der Waals surface area contributed by atoms with Crippen LogP contribution in [0.5, 0.6) is 5.75 Å². The van der Waals surface area contributed by atoms with Crippen molar-refractivity contribution in [3.8, 4) is 17.0 Å². The number of non-ortho nitro benzene ring substituents is 1. The molecule has 1 amide bonds. The number of carbonyl (C=O) groups is 1. The molecule has 0 aliphatic heterocycles. The first kappa shape index (κ1) is 17.8. The van der Waals surface area contributed by atoms with Gasteiger partial charge in [0.15, 0.2) is 0 Å². The van der Waals surface area contributed by atoms with Gasteiger partial charge in [-0.15, -0.1) is 0 Å². The Bertz CT molecular complexity index is 978. The van der Waals surface area contributed by atoms with Gasteiger partial charge in [0, 0.05) is 17.7 Å². The smallest absolute Gasteiger partial charge is 0.289 e. The fraction of sp³-hybridized carbons (Fsp3) is 0.0556. The minimum atomic E-state index is -0.485. The summed E-state index contributed by atoms with van der Waals surface area (Å²) in [5.74, 6) is 0.272. The van der Waals surface area contributed by atoms with Crippen LogP contribution in [0.1, 0.15) is 16.1 Å². The number of amides is 1. The van der Waals surface area contributed by atoms with Crippen molar-refractivity contribution in [1.29, 1.82) is 0 Å². The van der Waals surface area contributed by atoms with E-state index >= 15 is 0 Å². The Morgan fingerprint density at radius 2 is 1.93 bits per heavy atom. The van der Waals surface area contributed by atoms with Crippen molar-refractivity contribution < 1.29 is 14.5 Å². The molecule has 3 rings (SSSR count). The zero-order chi connectivity index (χ0) is 19.2. The Labute approximate surface area is 153 Å². The number of H-pyrrole nitrogens is 1. The number of nitrogens with one attached hydrogen (secondary N) is 2. The van der Waals surface area contributed by atoms with Crippen LogP contribution in [-0.2, 0) is 0 Å². The topological polar surface area (TPSA) is 123 Å². The van der Waals surface area contributed by atoms with Crippen LogP contribution >= 0.6 is 0 Å². The van der Waals surface area contributed by atoms with Gasteiger partial charge in [-0.3, -0.25) is 20.0 Å². The van der Waals surface area contributed by atoms with Gasteiger partial charge in [-0.2, -0.15) is 10.2 Å². The molecule has 9 heteroatoms. The zero-order valence-electron chi connectivity index (χ0n) is 14.2. The van der Waals surface area contributed by atoms with Crippen molar-refractivity contribution in [2.24, 2.45) is 5.10 Å². The van der Waals surface area contributed by atoms with Gasteiger partial charge in [-0.1, -0.05) is 0 Å². The lowest BCUT2D eigenvalue weighted by atomic mass is 10.1. The second-order valence-corrected chi connectivity index (χ2v) is 5.44. The fourth-order valence-electron chi connectivity index (χ4n) is 2.26. The Kier molecular flexibility index (Phi) is 5.22. The number of methoxy groups -OCH3 is 1. The van der Waals surface area contributed by atoms with Crippen molar-refractivity contribution in [1.82, 2.24) is 15.6 Å². The molecule has 0 atom stereocenters. The lowest BCUT2D eigenvalue weighted by Gasteiger charge is -2.00. The summed E-state index contributed by atoms with van der Waals surface area (Å²) in [4.78, 5) is 22.2. The number of aromatic amines is 1. The molecule has 9 nitrogen and oxygen atoms in total. The summed E-state index contributed by atoms with van der Waals surface area (Å²) in [6.45, 7) is 0. The number of benzene rings is 2. The van der Waals surface area contributed by atoms with Crippen LogP contribution in [0.15, 0.2) is 59.7 Å². The molecule has 0 spiro atoms. The van der Waals surface area contributed by atoms with E-state index in [0.717, 1.165) is 11.3 Å². The average molecular weight is 365 g/mol. The van der Waals surface area contributed by atoms with E-state index in [9.17, 15) is 14.9 Å². The molecule has 1 heterocycles. The quantitative estimate of drug-likeness (QED) is 0.395. The van der Waals surface area contributed by atoms with E-state index in [1.165, 1.54) is 30.5 Å². The maximum absolute atomic E-state index is 12.1. The maximum atomic E-state index is 12.1. The predicted molar refractivity (Wildman–Crippen MR) is 98.7 cm³/mol. The molecule has 0 unspecified atom stereocenters.